The van der Waals surface area contributed by atoms with Gasteiger partial charge in [0.25, 0.3) is 0 Å². The fraction of sp³-hybridized carbons (Fsp3) is 0.417. The maximum Gasteiger partial charge on any atom is 0.321 e. The van der Waals surface area contributed by atoms with Gasteiger partial charge in [-0.1, -0.05) is 0 Å². The first kappa shape index (κ1) is 20.6. The van der Waals surface area contributed by atoms with Crippen LogP contribution < -0.4 is 15.0 Å². The topological polar surface area (TPSA) is 85.2 Å². The van der Waals surface area contributed by atoms with E-state index in [1.807, 2.05) is 23.2 Å². The molecule has 8 nitrogen and oxygen atoms in total. The Bertz CT molecular complexity index is 1110. The molecule has 1 saturated heterocycles. The van der Waals surface area contributed by atoms with Crippen molar-refractivity contribution in [3.05, 3.63) is 48.5 Å². The van der Waals surface area contributed by atoms with Gasteiger partial charge >= 0.3 is 6.01 Å². The third-order valence-corrected chi connectivity index (χ3v) is 6.42. The maximum atomic E-state index is 12.4. The zero-order chi connectivity index (χ0) is 22.1. The molecule has 0 radical (unpaired) electrons. The van der Waals surface area contributed by atoms with Gasteiger partial charge in [-0.25, -0.2) is 9.97 Å². The van der Waals surface area contributed by atoms with E-state index in [0.29, 0.717) is 17.8 Å². The second kappa shape index (κ2) is 8.70. The average molecular weight is 433 g/mol. The number of aromatic nitrogens is 4. The molecule has 0 aliphatic carbocycles. The maximum absolute atomic E-state index is 12.4. The Morgan fingerprint density at radius 3 is 2.69 bits per heavy atom. The molecule has 166 valence electrons. The van der Waals surface area contributed by atoms with Crippen LogP contribution in [0.25, 0.3) is 11.1 Å². The van der Waals surface area contributed by atoms with Gasteiger partial charge in [0.2, 0.25) is 5.91 Å². The SMILES string of the molecule is CC(=O)N1c2ccc(-c3cnn(C4CCNCC4)c3)c(Oc3ncccn3)c2CCC1C. The molecule has 2 aliphatic rings. The summed E-state index contributed by atoms with van der Waals surface area (Å²) in [7, 11) is 0. The molecule has 1 amide bonds. The van der Waals surface area contributed by atoms with Gasteiger partial charge in [-0.2, -0.15) is 5.10 Å². The minimum absolute atomic E-state index is 0.0341. The smallest absolute Gasteiger partial charge is 0.321 e. The van der Waals surface area contributed by atoms with Gasteiger partial charge in [0.1, 0.15) is 5.75 Å². The molecule has 8 heteroatoms. The molecule has 5 rings (SSSR count). The Labute approximate surface area is 187 Å². The lowest BCUT2D eigenvalue weighted by molar-refractivity contribution is -0.117. The molecule has 3 aromatic rings. The molecule has 2 aliphatic heterocycles. The summed E-state index contributed by atoms with van der Waals surface area (Å²) in [6, 6.07) is 6.65. The first-order chi connectivity index (χ1) is 15.6. The molecule has 0 bridgehead atoms. The van der Waals surface area contributed by atoms with Crippen molar-refractivity contribution in [1.29, 1.82) is 0 Å². The van der Waals surface area contributed by atoms with Crippen molar-refractivity contribution in [3.8, 4) is 22.9 Å². The third kappa shape index (κ3) is 3.86. The van der Waals surface area contributed by atoms with E-state index in [2.05, 4.69) is 38.2 Å². The number of benzene rings is 1. The van der Waals surface area contributed by atoms with Crippen molar-refractivity contribution < 1.29 is 9.53 Å². The van der Waals surface area contributed by atoms with Crippen molar-refractivity contribution in [2.75, 3.05) is 18.0 Å². The van der Waals surface area contributed by atoms with Crippen molar-refractivity contribution >= 4 is 11.6 Å². The molecule has 4 heterocycles. The van der Waals surface area contributed by atoms with Crippen LogP contribution in [0.15, 0.2) is 43.0 Å². The number of nitrogens with one attached hydrogen (secondary N) is 1. The Kier molecular flexibility index (Phi) is 5.61. The summed E-state index contributed by atoms with van der Waals surface area (Å²) in [5, 5.41) is 8.07. The van der Waals surface area contributed by atoms with Gasteiger partial charge in [-0.3, -0.25) is 9.48 Å². The summed E-state index contributed by atoms with van der Waals surface area (Å²) in [6.07, 6.45) is 11.2. The Hall–Kier alpha value is -3.26. The van der Waals surface area contributed by atoms with Crippen LogP contribution in [0.5, 0.6) is 11.8 Å². The zero-order valence-electron chi connectivity index (χ0n) is 18.5. The predicted molar refractivity (Wildman–Crippen MR) is 122 cm³/mol. The quantitative estimate of drug-likeness (QED) is 0.676. The van der Waals surface area contributed by atoms with E-state index in [1.54, 1.807) is 25.4 Å². The minimum Gasteiger partial charge on any atom is -0.423 e. The second-order valence-corrected chi connectivity index (χ2v) is 8.54. The zero-order valence-corrected chi connectivity index (χ0v) is 18.5. The fourth-order valence-electron chi connectivity index (χ4n) is 4.81. The van der Waals surface area contributed by atoms with E-state index in [4.69, 9.17) is 4.74 Å². The van der Waals surface area contributed by atoms with Crippen LogP contribution in [0.4, 0.5) is 5.69 Å². The summed E-state index contributed by atoms with van der Waals surface area (Å²) in [5.41, 5.74) is 3.84. The highest BCUT2D eigenvalue weighted by atomic mass is 16.5. The monoisotopic (exact) mass is 432 g/mol. The van der Waals surface area contributed by atoms with E-state index in [9.17, 15) is 4.79 Å². The molecule has 32 heavy (non-hydrogen) atoms. The average Bonchev–Trinajstić information content (AvgIpc) is 3.30. The number of hydrogen-bond donors (Lipinski definition) is 1. The standard InChI is InChI=1S/C24H28N6O2/c1-16-4-5-21-22(30(16)17(2)31)7-6-20(23(21)32-24-26-10-3-11-27-24)18-14-28-29(15-18)19-8-12-25-13-9-19/h3,6-7,10-11,14-16,19,25H,4-5,8-9,12-13H2,1-2H3. The summed E-state index contributed by atoms with van der Waals surface area (Å²) in [4.78, 5) is 22.8. The molecule has 0 saturated carbocycles. The van der Waals surface area contributed by atoms with Gasteiger partial charge < -0.3 is 15.0 Å². The van der Waals surface area contributed by atoms with Crippen LogP contribution in [0, 0.1) is 0 Å². The van der Waals surface area contributed by atoms with E-state index < -0.39 is 0 Å². The molecule has 1 unspecified atom stereocenters. The largest absolute Gasteiger partial charge is 0.423 e. The minimum atomic E-state index is 0.0341. The number of hydrogen-bond acceptors (Lipinski definition) is 6. The number of nitrogens with zero attached hydrogens (tertiary/aromatic N) is 5. The summed E-state index contributed by atoms with van der Waals surface area (Å²) >= 11 is 0. The first-order valence-electron chi connectivity index (χ1n) is 11.3. The lowest BCUT2D eigenvalue weighted by atomic mass is 9.92. The normalized spacial score (nSPS) is 18.9. The number of anilines is 1. The molecule has 1 fully saturated rings. The van der Waals surface area contributed by atoms with Crippen LogP contribution in [0.3, 0.4) is 0 Å². The molecule has 2 aromatic heterocycles. The van der Waals surface area contributed by atoms with E-state index in [-0.39, 0.29) is 11.9 Å². The lowest BCUT2D eigenvalue weighted by Gasteiger charge is -2.35. The van der Waals surface area contributed by atoms with Crippen molar-refractivity contribution in [2.45, 2.75) is 51.6 Å². The van der Waals surface area contributed by atoms with E-state index >= 15 is 0 Å². The van der Waals surface area contributed by atoms with Crippen LogP contribution >= 0.6 is 0 Å². The van der Waals surface area contributed by atoms with Crippen LogP contribution in [0.2, 0.25) is 0 Å². The molecule has 1 atom stereocenters. The second-order valence-electron chi connectivity index (χ2n) is 8.54. The number of amides is 1. The number of carbonyl (C=O) groups excluding carboxylic acids is 1. The lowest BCUT2D eigenvalue weighted by Crippen LogP contribution is -2.40. The number of rotatable bonds is 4. The van der Waals surface area contributed by atoms with Crippen LogP contribution in [-0.4, -0.2) is 44.8 Å². The van der Waals surface area contributed by atoms with Gasteiger partial charge in [-0.05, 0) is 63.9 Å². The van der Waals surface area contributed by atoms with Gasteiger partial charge in [0.15, 0.2) is 0 Å². The van der Waals surface area contributed by atoms with Crippen LogP contribution in [-0.2, 0) is 11.2 Å². The van der Waals surface area contributed by atoms with Crippen molar-refractivity contribution in [1.82, 2.24) is 25.1 Å². The Morgan fingerprint density at radius 1 is 1.16 bits per heavy atom. The third-order valence-electron chi connectivity index (χ3n) is 6.42. The number of piperidine rings is 1. The molecule has 0 spiro atoms. The highest BCUT2D eigenvalue weighted by molar-refractivity contribution is 5.95. The van der Waals surface area contributed by atoms with E-state index in [0.717, 1.165) is 61.2 Å². The summed E-state index contributed by atoms with van der Waals surface area (Å²) < 4.78 is 8.34. The number of ether oxygens (including phenoxy) is 1. The predicted octanol–water partition coefficient (Wildman–Crippen LogP) is 3.74. The molecular formula is C24H28N6O2. The van der Waals surface area contributed by atoms with Crippen LogP contribution in [0.1, 0.15) is 44.7 Å². The van der Waals surface area contributed by atoms with Gasteiger partial charge in [0.05, 0.1) is 17.9 Å². The summed E-state index contributed by atoms with van der Waals surface area (Å²) in [5.74, 6) is 0.739. The number of carbonyl (C=O) groups is 1. The number of fused-ring (bicyclic) bond motifs is 1. The van der Waals surface area contributed by atoms with E-state index in [1.165, 1.54) is 0 Å². The fourth-order valence-corrected chi connectivity index (χ4v) is 4.81. The molecular weight excluding hydrogens is 404 g/mol. The van der Waals surface area contributed by atoms with Crippen molar-refractivity contribution in [2.24, 2.45) is 0 Å². The highest BCUT2D eigenvalue weighted by Crippen LogP contribution is 2.44. The van der Waals surface area contributed by atoms with Gasteiger partial charge in [0, 0.05) is 48.2 Å². The summed E-state index contributed by atoms with van der Waals surface area (Å²) in [6.45, 7) is 5.72. The molecule has 1 N–H and O–H groups in total. The first-order valence-corrected chi connectivity index (χ1v) is 11.3. The Morgan fingerprint density at radius 2 is 1.94 bits per heavy atom. The highest BCUT2D eigenvalue weighted by Gasteiger charge is 2.30. The van der Waals surface area contributed by atoms with Gasteiger partial charge in [-0.15, -0.1) is 0 Å². The van der Waals surface area contributed by atoms with Crippen molar-refractivity contribution in [3.63, 3.8) is 0 Å². The molecule has 1 aromatic carbocycles. The Balaban J connectivity index is 1.59.